The molecule has 150 valence electrons. The van der Waals surface area contributed by atoms with Gasteiger partial charge in [0.2, 0.25) is 0 Å². The Balaban J connectivity index is 1.73. The molecular formula is C21H24F2N2O3. The molecule has 7 heteroatoms. The van der Waals surface area contributed by atoms with Gasteiger partial charge >= 0.3 is 5.97 Å². The highest BCUT2D eigenvalue weighted by Gasteiger charge is 2.20. The summed E-state index contributed by atoms with van der Waals surface area (Å²) < 4.78 is 39.1. The minimum absolute atomic E-state index is 0.0257. The van der Waals surface area contributed by atoms with Crippen LogP contribution in [0.5, 0.6) is 5.75 Å². The molecule has 0 unspecified atom stereocenters. The Morgan fingerprint density at radius 1 is 1.21 bits per heavy atom. The maximum Gasteiger partial charge on any atom is 0.305 e. The van der Waals surface area contributed by atoms with Crippen LogP contribution in [0.4, 0.5) is 14.6 Å². The highest BCUT2D eigenvalue weighted by Crippen LogP contribution is 2.34. The van der Waals surface area contributed by atoms with E-state index in [0.717, 1.165) is 31.7 Å². The van der Waals surface area contributed by atoms with Crippen molar-refractivity contribution in [1.82, 2.24) is 4.98 Å². The summed E-state index contributed by atoms with van der Waals surface area (Å²) >= 11 is 0. The van der Waals surface area contributed by atoms with E-state index in [4.69, 9.17) is 9.47 Å². The number of hydrogen-bond donors (Lipinski definition) is 0. The normalized spacial score (nSPS) is 13.6. The first kappa shape index (κ1) is 20.0. The summed E-state index contributed by atoms with van der Waals surface area (Å²) in [5, 5.41) is 0. The van der Waals surface area contributed by atoms with Crippen molar-refractivity contribution in [3.05, 3.63) is 42.1 Å². The number of carbonyl (C=O) groups is 1. The van der Waals surface area contributed by atoms with E-state index < -0.39 is 17.4 Å². The number of hydrogen-bond acceptors (Lipinski definition) is 5. The largest absolute Gasteiger partial charge is 0.488 e. The van der Waals surface area contributed by atoms with E-state index in [2.05, 4.69) is 9.88 Å². The van der Waals surface area contributed by atoms with Crippen molar-refractivity contribution in [2.24, 2.45) is 0 Å². The molecule has 2 aromatic rings. The second kappa shape index (κ2) is 9.48. The Kier molecular flexibility index (Phi) is 6.79. The van der Waals surface area contributed by atoms with Crippen molar-refractivity contribution in [3.8, 4) is 16.9 Å². The number of benzene rings is 1. The third-order valence-electron chi connectivity index (χ3n) is 4.58. The Morgan fingerprint density at radius 3 is 2.61 bits per heavy atom. The molecule has 1 fully saturated rings. The predicted molar refractivity (Wildman–Crippen MR) is 102 cm³/mol. The maximum atomic E-state index is 14.5. The van der Waals surface area contributed by atoms with Gasteiger partial charge in [-0.15, -0.1) is 0 Å². The van der Waals surface area contributed by atoms with Crippen LogP contribution in [0.3, 0.4) is 0 Å². The van der Waals surface area contributed by atoms with Crippen LogP contribution >= 0.6 is 0 Å². The molecule has 0 atom stereocenters. The van der Waals surface area contributed by atoms with Crippen molar-refractivity contribution in [3.63, 3.8) is 0 Å². The van der Waals surface area contributed by atoms with E-state index in [1.807, 2.05) is 6.07 Å². The van der Waals surface area contributed by atoms with Gasteiger partial charge in [-0.1, -0.05) is 0 Å². The number of rotatable bonds is 8. The zero-order chi connectivity index (χ0) is 19.9. The number of halogens is 2. The highest BCUT2D eigenvalue weighted by molar-refractivity contribution is 5.76. The molecular weight excluding hydrogens is 366 g/mol. The Labute approximate surface area is 163 Å². The monoisotopic (exact) mass is 390 g/mol. The summed E-state index contributed by atoms with van der Waals surface area (Å²) in [6.45, 7) is 3.82. The number of pyridine rings is 1. The van der Waals surface area contributed by atoms with Crippen LogP contribution in [0.1, 0.15) is 32.6 Å². The molecule has 3 rings (SSSR count). The van der Waals surface area contributed by atoms with Crippen LogP contribution < -0.4 is 9.64 Å². The van der Waals surface area contributed by atoms with Crippen LogP contribution in [0.15, 0.2) is 30.5 Å². The van der Waals surface area contributed by atoms with Crippen molar-refractivity contribution < 1.29 is 23.0 Å². The molecule has 1 aliphatic rings. The molecule has 0 spiro atoms. The number of esters is 1. The first-order valence-electron chi connectivity index (χ1n) is 9.58. The lowest BCUT2D eigenvalue weighted by Gasteiger charge is -2.20. The fourth-order valence-electron chi connectivity index (χ4n) is 3.28. The maximum absolute atomic E-state index is 14.5. The van der Waals surface area contributed by atoms with E-state index >= 15 is 0 Å². The molecule has 0 bridgehead atoms. The quantitative estimate of drug-likeness (QED) is 0.496. The van der Waals surface area contributed by atoms with E-state index in [-0.39, 0.29) is 19.0 Å². The van der Waals surface area contributed by atoms with Crippen LogP contribution in [0, 0.1) is 11.6 Å². The van der Waals surface area contributed by atoms with Crippen LogP contribution in [0.25, 0.3) is 11.1 Å². The zero-order valence-electron chi connectivity index (χ0n) is 15.9. The van der Waals surface area contributed by atoms with Gasteiger partial charge in [0.1, 0.15) is 5.82 Å². The van der Waals surface area contributed by atoms with Gasteiger partial charge < -0.3 is 14.4 Å². The fourth-order valence-corrected chi connectivity index (χ4v) is 3.28. The lowest BCUT2D eigenvalue weighted by molar-refractivity contribution is -0.143. The Bertz CT molecular complexity index is 800. The molecule has 1 aliphatic heterocycles. The van der Waals surface area contributed by atoms with Gasteiger partial charge in [-0.25, -0.2) is 13.8 Å². The molecule has 0 radical (unpaired) electrons. The second-order valence-electron chi connectivity index (χ2n) is 6.59. The molecule has 5 nitrogen and oxygen atoms in total. The van der Waals surface area contributed by atoms with Crippen LogP contribution in [0.2, 0.25) is 0 Å². The highest BCUT2D eigenvalue weighted by atomic mass is 19.1. The van der Waals surface area contributed by atoms with Gasteiger partial charge in [0.15, 0.2) is 17.4 Å². The first-order chi connectivity index (χ1) is 13.6. The summed E-state index contributed by atoms with van der Waals surface area (Å²) in [7, 11) is 0. The Morgan fingerprint density at radius 2 is 1.93 bits per heavy atom. The smallest absolute Gasteiger partial charge is 0.305 e. The second-order valence-corrected chi connectivity index (χ2v) is 6.59. The zero-order valence-corrected chi connectivity index (χ0v) is 15.9. The van der Waals surface area contributed by atoms with Crippen molar-refractivity contribution in [2.75, 3.05) is 31.2 Å². The van der Waals surface area contributed by atoms with E-state index in [1.165, 1.54) is 12.1 Å². The van der Waals surface area contributed by atoms with Crippen molar-refractivity contribution >= 4 is 11.8 Å². The SMILES string of the molecule is CCOC(=O)CCCOc1c(F)cc(-c2cccnc2N2CCCC2)cc1F. The number of anilines is 1. The molecule has 0 N–H and O–H groups in total. The van der Waals surface area contributed by atoms with Gasteiger partial charge in [0, 0.05) is 31.3 Å². The van der Waals surface area contributed by atoms with Gasteiger partial charge in [-0.3, -0.25) is 4.79 Å². The summed E-state index contributed by atoms with van der Waals surface area (Å²) in [4.78, 5) is 17.8. The minimum atomic E-state index is -0.776. The van der Waals surface area contributed by atoms with Gasteiger partial charge in [0.25, 0.3) is 0 Å². The Hall–Kier alpha value is -2.70. The number of nitrogens with zero attached hydrogens (tertiary/aromatic N) is 2. The number of ether oxygens (including phenoxy) is 2. The molecule has 28 heavy (non-hydrogen) atoms. The van der Waals surface area contributed by atoms with E-state index in [1.54, 1.807) is 19.2 Å². The minimum Gasteiger partial charge on any atom is -0.488 e. The van der Waals surface area contributed by atoms with Crippen LogP contribution in [-0.4, -0.2) is 37.3 Å². The first-order valence-corrected chi connectivity index (χ1v) is 9.58. The molecule has 1 aromatic heterocycles. The van der Waals surface area contributed by atoms with Crippen molar-refractivity contribution in [1.29, 1.82) is 0 Å². The number of aromatic nitrogens is 1. The molecule has 0 amide bonds. The van der Waals surface area contributed by atoms with Gasteiger partial charge in [0.05, 0.1) is 13.2 Å². The third kappa shape index (κ3) is 4.77. The predicted octanol–water partition coefficient (Wildman–Crippen LogP) is 4.35. The topological polar surface area (TPSA) is 51.7 Å². The van der Waals surface area contributed by atoms with Crippen LogP contribution in [-0.2, 0) is 9.53 Å². The van der Waals surface area contributed by atoms with E-state index in [9.17, 15) is 13.6 Å². The lowest BCUT2D eigenvalue weighted by Crippen LogP contribution is -2.19. The average Bonchev–Trinajstić information content (AvgIpc) is 3.21. The number of carbonyl (C=O) groups excluding carboxylic acids is 1. The summed E-state index contributed by atoms with van der Waals surface area (Å²) in [5.74, 6) is -1.60. The molecule has 1 aromatic carbocycles. The molecule has 0 aliphatic carbocycles. The average molecular weight is 390 g/mol. The summed E-state index contributed by atoms with van der Waals surface area (Å²) in [6, 6.07) is 6.10. The van der Waals surface area contributed by atoms with Gasteiger partial charge in [-0.2, -0.15) is 0 Å². The molecule has 0 saturated carbocycles. The summed E-state index contributed by atoms with van der Waals surface area (Å²) in [6.07, 6.45) is 4.31. The van der Waals surface area contributed by atoms with Crippen molar-refractivity contribution in [2.45, 2.75) is 32.6 Å². The van der Waals surface area contributed by atoms with E-state index in [0.29, 0.717) is 24.2 Å². The third-order valence-corrected chi connectivity index (χ3v) is 4.58. The molecule has 1 saturated heterocycles. The lowest BCUT2D eigenvalue weighted by atomic mass is 10.1. The molecule has 2 heterocycles. The standard InChI is InChI=1S/C21H24F2N2O3/c1-2-27-19(26)8-6-12-28-20-17(22)13-15(14-18(20)23)16-7-5-9-24-21(16)25-10-3-4-11-25/h5,7,9,13-14H,2-4,6,8,10-12H2,1H3. The fraction of sp³-hybridized carbons (Fsp3) is 0.429. The summed E-state index contributed by atoms with van der Waals surface area (Å²) in [5.41, 5.74) is 1.11. The van der Waals surface area contributed by atoms with Gasteiger partial charge in [-0.05, 0) is 56.0 Å².